The standard InChI is InChI=1S/C11H13N3OS/c12-6-7-5-8(7)11-13-10(14-15-11)9-3-1-2-4-16-9/h7-9H,1-5H2. The number of nitriles is 1. The van der Waals surface area contributed by atoms with Crippen molar-refractivity contribution in [3.8, 4) is 6.07 Å². The molecule has 1 aromatic heterocycles. The Morgan fingerprint density at radius 3 is 3.06 bits per heavy atom. The average Bonchev–Trinajstić information content (AvgIpc) is 2.98. The van der Waals surface area contributed by atoms with Gasteiger partial charge in [0.05, 0.1) is 23.2 Å². The molecule has 1 aliphatic heterocycles. The minimum absolute atomic E-state index is 0.104. The molecule has 0 bridgehead atoms. The molecule has 0 aromatic carbocycles. The molecule has 2 heterocycles. The highest BCUT2D eigenvalue weighted by Gasteiger charge is 2.43. The number of hydrogen-bond acceptors (Lipinski definition) is 5. The van der Waals surface area contributed by atoms with Crippen LogP contribution in [0.2, 0.25) is 0 Å². The second-order valence-corrected chi connectivity index (χ2v) is 5.73. The lowest BCUT2D eigenvalue weighted by molar-refractivity contribution is 0.371. The number of rotatable bonds is 2. The van der Waals surface area contributed by atoms with Crippen molar-refractivity contribution in [2.45, 2.75) is 36.9 Å². The molecule has 1 aromatic rings. The molecule has 0 radical (unpaired) electrons. The second kappa shape index (κ2) is 4.10. The first-order valence-corrected chi connectivity index (χ1v) is 6.78. The van der Waals surface area contributed by atoms with Gasteiger partial charge in [0.1, 0.15) is 0 Å². The molecule has 3 atom stereocenters. The molecule has 3 rings (SSSR count). The molecule has 0 N–H and O–H groups in total. The zero-order valence-electron chi connectivity index (χ0n) is 8.93. The van der Waals surface area contributed by atoms with E-state index in [2.05, 4.69) is 16.2 Å². The fraction of sp³-hybridized carbons (Fsp3) is 0.727. The first-order valence-electron chi connectivity index (χ1n) is 5.73. The third-order valence-corrected chi connectivity index (χ3v) is 4.57. The molecule has 3 unspecified atom stereocenters. The summed E-state index contributed by atoms with van der Waals surface area (Å²) in [5.74, 6) is 3.02. The first-order chi connectivity index (χ1) is 7.88. The van der Waals surface area contributed by atoms with E-state index in [9.17, 15) is 0 Å². The van der Waals surface area contributed by atoms with Gasteiger partial charge in [-0.1, -0.05) is 11.6 Å². The van der Waals surface area contributed by atoms with Gasteiger partial charge in [0.2, 0.25) is 5.89 Å². The quantitative estimate of drug-likeness (QED) is 0.788. The predicted molar refractivity (Wildman–Crippen MR) is 59.8 cm³/mol. The van der Waals surface area contributed by atoms with Gasteiger partial charge in [-0.25, -0.2) is 0 Å². The lowest BCUT2D eigenvalue weighted by Crippen LogP contribution is -2.03. The molecular formula is C11H13N3OS. The third-order valence-electron chi connectivity index (χ3n) is 3.20. The summed E-state index contributed by atoms with van der Waals surface area (Å²) < 4.78 is 5.25. The third kappa shape index (κ3) is 1.82. The summed E-state index contributed by atoms with van der Waals surface area (Å²) in [7, 11) is 0. The average molecular weight is 235 g/mol. The van der Waals surface area contributed by atoms with E-state index in [1.54, 1.807) is 0 Å². The van der Waals surface area contributed by atoms with Gasteiger partial charge in [0.15, 0.2) is 5.82 Å². The molecule has 5 heteroatoms. The van der Waals surface area contributed by atoms with E-state index in [1.165, 1.54) is 18.6 Å². The SMILES string of the molecule is N#CC1CC1c1nc(C2CCCCS2)no1. The fourth-order valence-electron chi connectivity index (χ4n) is 2.08. The highest BCUT2D eigenvalue weighted by molar-refractivity contribution is 7.99. The maximum atomic E-state index is 8.75. The van der Waals surface area contributed by atoms with Crippen LogP contribution >= 0.6 is 11.8 Å². The van der Waals surface area contributed by atoms with Crippen molar-refractivity contribution >= 4 is 11.8 Å². The van der Waals surface area contributed by atoms with Crippen LogP contribution in [0.5, 0.6) is 0 Å². The largest absolute Gasteiger partial charge is 0.339 e. The van der Waals surface area contributed by atoms with E-state index in [0.29, 0.717) is 11.1 Å². The van der Waals surface area contributed by atoms with Crippen molar-refractivity contribution < 1.29 is 4.52 Å². The Labute approximate surface area is 98.4 Å². The van der Waals surface area contributed by atoms with Gasteiger partial charge >= 0.3 is 0 Å². The summed E-state index contributed by atoms with van der Waals surface area (Å²) in [6.45, 7) is 0. The summed E-state index contributed by atoms with van der Waals surface area (Å²) >= 11 is 1.92. The molecule has 2 fully saturated rings. The molecule has 1 aliphatic carbocycles. The molecule has 16 heavy (non-hydrogen) atoms. The van der Waals surface area contributed by atoms with Gasteiger partial charge in [-0.3, -0.25) is 0 Å². The Bertz CT molecular complexity index is 419. The summed E-state index contributed by atoms with van der Waals surface area (Å²) in [5.41, 5.74) is 0. The van der Waals surface area contributed by atoms with Crippen molar-refractivity contribution in [1.82, 2.24) is 10.1 Å². The van der Waals surface area contributed by atoms with E-state index in [4.69, 9.17) is 9.78 Å². The molecular weight excluding hydrogens is 222 g/mol. The van der Waals surface area contributed by atoms with Crippen molar-refractivity contribution in [2.75, 3.05) is 5.75 Å². The van der Waals surface area contributed by atoms with Gasteiger partial charge in [0.25, 0.3) is 0 Å². The minimum atomic E-state index is 0.104. The minimum Gasteiger partial charge on any atom is -0.339 e. The summed E-state index contributed by atoms with van der Waals surface area (Å²) in [5, 5.41) is 13.2. The van der Waals surface area contributed by atoms with Gasteiger partial charge in [0, 0.05) is 0 Å². The van der Waals surface area contributed by atoms with Gasteiger partial charge in [-0.05, 0) is 25.0 Å². The van der Waals surface area contributed by atoms with E-state index in [1.807, 2.05) is 11.8 Å². The van der Waals surface area contributed by atoms with Crippen LogP contribution in [-0.2, 0) is 0 Å². The lowest BCUT2D eigenvalue weighted by Gasteiger charge is -2.17. The first kappa shape index (κ1) is 10.2. The normalized spacial score (nSPS) is 33.3. The van der Waals surface area contributed by atoms with E-state index in [-0.39, 0.29) is 11.8 Å². The van der Waals surface area contributed by atoms with Crippen LogP contribution in [0, 0.1) is 17.2 Å². The Kier molecular flexibility index (Phi) is 2.60. The Morgan fingerprint density at radius 2 is 2.38 bits per heavy atom. The van der Waals surface area contributed by atoms with Crippen molar-refractivity contribution in [2.24, 2.45) is 5.92 Å². The molecule has 1 saturated carbocycles. The monoisotopic (exact) mass is 235 g/mol. The number of nitrogens with zero attached hydrogens (tertiary/aromatic N) is 3. The van der Waals surface area contributed by atoms with Crippen molar-refractivity contribution in [1.29, 1.82) is 5.26 Å². The van der Waals surface area contributed by atoms with E-state index >= 15 is 0 Å². The highest BCUT2D eigenvalue weighted by atomic mass is 32.2. The Hall–Kier alpha value is -1.02. The predicted octanol–water partition coefficient (Wildman–Crippen LogP) is 2.65. The van der Waals surface area contributed by atoms with Crippen LogP contribution in [0.15, 0.2) is 4.52 Å². The molecule has 1 saturated heterocycles. The van der Waals surface area contributed by atoms with Crippen molar-refractivity contribution in [3.63, 3.8) is 0 Å². The second-order valence-electron chi connectivity index (χ2n) is 4.42. The summed E-state index contributed by atoms with van der Waals surface area (Å²) in [4.78, 5) is 4.44. The number of aromatic nitrogens is 2. The molecule has 4 nitrogen and oxygen atoms in total. The maximum Gasteiger partial charge on any atom is 0.231 e. The Morgan fingerprint density at radius 1 is 1.44 bits per heavy atom. The summed E-state index contributed by atoms with van der Waals surface area (Å²) in [6.07, 6.45) is 4.59. The van der Waals surface area contributed by atoms with Crippen LogP contribution in [0.25, 0.3) is 0 Å². The number of hydrogen-bond donors (Lipinski definition) is 0. The van der Waals surface area contributed by atoms with Crippen LogP contribution in [0.1, 0.15) is 48.6 Å². The Balaban J connectivity index is 1.70. The zero-order valence-corrected chi connectivity index (χ0v) is 9.74. The molecule has 84 valence electrons. The van der Waals surface area contributed by atoms with E-state index < -0.39 is 0 Å². The lowest BCUT2D eigenvalue weighted by atomic mass is 10.2. The zero-order chi connectivity index (χ0) is 11.0. The van der Waals surface area contributed by atoms with Gasteiger partial charge in [-0.15, -0.1) is 0 Å². The molecule has 0 amide bonds. The molecule has 2 aliphatic rings. The van der Waals surface area contributed by atoms with Crippen LogP contribution in [0.4, 0.5) is 0 Å². The topological polar surface area (TPSA) is 62.7 Å². The van der Waals surface area contributed by atoms with Crippen LogP contribution in [-0.4, -0.2) is 15.9 Å². The van der Waals surface area contributed by atoms with Gasteiger partial charge in [-0.2, -0.15) is 22.0 Å². The van der Waals surface area contributed by atoms with Crippen molar-refractivity contribution in [3.05, 3.63) is 11.7 Å². The smallest absolute Gasteiger partial charge is 0.231 e. The summed E-state index contributed by atoms with van der Waals surface area (Å²) in [6, 6.07) is 2.24. The molecule has 0 spiro atoms. The number of thioether (sulfide) groups is 1. The van der Waals surface area contributed by atoms with Gasteiger partial charge < -0.3 is 4.52 Å². The van der Waals surface area contributed by atoms with E-state index in [0.717, 1.165) is 18.7 Å². The fourth-order valence-corrected chi connectivity index (χ4v) is 3.32. The maximum absolute atomic E-state index is 8.75. The van der Waals surface area contributed by atoms with Crippen LogP contribution in [0.3, 0.4) is 0 Å². The highest BCUT2D eigenvalue weighted by Crippen LogP contribution is 2.47. The van der Waals surface area contributed by atoms with Crippen LogP contribution < -0.4 is 0 Å².